The standard InChI is InChI=1S/C20H26INO7/c1-19(2,3)28-15(23)10-14(18(27)29-20(4,5)6)22-16(24)11-7-8-12(17(25)26)13(21)9-11/h7-9,14H,10H2,1-6H3,(H,22,24)(H,25,26)/t14-/m0/s1. The molecule has 0 aliphatic carbocycles. The summed E-state index contributed by atoms with van der Waals surface area (Å²) in [6, 6.07) is 2.77. The predicted molar refractivity (Wildman–Crippen MR) is 114 cm³/mol. The quantitative estimate of drug-likeness (QED) is 0.438. The van der Waals surface area contributed by atoms with Crippen LogP contribution in [-0.2, 0) is 19.1 Å². The molecule has 1 amide bonds. The minimum atomic E-state index is -1.26. The van der Waals surface area contributed by atoms with Gasteiger partial charge in [0.15, 0.2) is 0 Å². The molecule has 0 bridgehead atoms. The summed E-state index contributed by atoms with van der Waals surface area (Å²) in [5.41, 5.74) is -1.36. The van der Waals surface area contributed by atoms with Gasteiger partial charge >= 0.3 is 17.9 Å². The van der Waals surface area contributed by atoms with Crippen molar-refractivity contribution in [2.45, 2.75) is 65.2 Å². The molecule has 0 unspecified atom stereocenters. The lowest BCUT2D eigenvalue weighted by molar-refractivity contribution is -0.164. The Morgan fingerprint density at radius 2 is 1.59 bits per heavy atom. The third-order valence-corrected chi connectivity index (χ3v) is 4.14. The second kappa shape index (κ2) is 9.55. The lowest BCUT2D eigenvalue weighted by Gasteiger charge is -2.25. The fourth-order valence-electron chi connectivity index (χ4n) is 2.19. The van der Waals surface area contributed by atoms with Crippen LogP contribution in [0.1, 0.15) is 68.7 Å². The Hall–Kier alpha value is -2.17. The van der Waals surface area contributed by atoms with E-state index in [-0.39, 0.29) is 11.1 Å². The molecular weight excluding hydrogens is 493 g/mol. The lowest BCUT2D eigenvalue weighted by Crippen LogP contribution is -2.46. The molecule has 0 aliphatic rings. The molecule has 29 heavy (non-hydrogen) atoms. The molecule has 0 saturated carbocycles. The van der Waals surface area contributed by atoms with Gasteiger partial charge in [-0.05, 0) is 82.3 Å². The highest BCUT2D eigenvalue weighted by Crippen LogP contribution is 2.17. The highest BCUT2D eigenvalue weighted by atomic mass is 127. The number of carboxylic acids is 1. The van der Waals surface area contributed by atoms with E-state index in [0.29, 0.717) is 3.57 Å². The molecule has 9 heteroatoms. The molecule has 0 saturated heterocycles. The minimum absolute atomic E-state index is 0.0552. The summed E-state index contributed by atoms with van der Waals surface area (Å²) < 4.78 is 10.9. The molecule has 1 aromatic rings. The molecule has 0 aliphatic heterocycles. The first-order chi connectivity index (χ1) is 13.1. The number of aromatic carboxylic acids is 1. The van der Waals surface area contributed by atoms with Gasteiger partial charge in [0, 0.05) is 9.13 Å². The summed E-state index contributed by atoms with van der Waals surface area (Å²) in [7, 11) is 0. The first-order valence-electron chi connectivity index (χ1n) is 8.87. The smallest absolute Gasteiger partial charge is 0.336 e. The van der Waals surface area contributed by atoms with Crippen molar-refractivity contribution in [3.05, 3.63) is 32.9 Å². The maximum atomic E-state index is 12.6. The number of esters is 2. The van der Waals surface area contributed by atoms with Crippen molar-refractivity contribution < 1.29 is 33.8 Å². The summed E-state index contributed by atoms with van der Waals surface area (Å²) in [4.78, 5) is 48.4. The molecule has 160 valence electrons. The van der Waals surface area contributed by atoms with Gasteiger partial charge in [-0.15, -0.1) is 0 Å². The van der Waals surface area contributed by atoms with E-state index in [0.717, 1.165) is 0 Å². The monoisotopic (exact) mass is 519 g/mol. The van der Waals surface area contributed by atoms with Crippen LogP contribution in [0.4, 0.5) is 0 Å². The maximum absolute atomic E-state index is 12.6. The van der Waals surface area contributed by atoms with E-state index in [1.807, 2.05) is 22.6 Å². The number of benzene rings is 1. The van der Waals surface area contributed by atoms with Crippen LogP contribution >= 0.6 is 22.6 Å². The van der Waals surface area contributed by atoms with Gasteiger partial charge in [-0.2, -0.15) is 0 Å². The van der Waals surface area contributed by atoms with Crippen LogP contribution in [0.3, 0.4) is 0 Å². The van der Waals surface area contributed by atoms with Crippen LogP contribution in [0, 0.1) is 3.57 Å². The summed E-state index contributed by atoms with van der Waals surface area (Å²) in [6.07, 6.45) is -0.401. The molecular formula is C20H26INO7. The lowest BCUT2D eigenvalue weighted by atomic mass is 10.1. The number of hydrogen-bond acceptors (Lipinski definition) is 6. The van der Waals surface area contributed by atoms with Gasteiger partial charge in [0.2, 0.25) is 0 Å². The average Bonchev–Trinajstić information content (AvgIpc) is 2.50. The van der Waals surface area contributed by atoms with Crippen LogP contribution in [-0.4, -0.2) is 46.2 Å². The number of ether oxygens (including phenoxy) is 2. The van der Waals surface area contributed by atoms with Crippen LogP contribution < -0.4 is 5.32 Å². The Kier molecular flexibility index (Phi) is 8.19. The van der Waals surface area contributed by atoms with Crippen molar-refractivity contribution in [1.82, 2.24) is 5.32 Å². The molecule has 2 N–H and O–H groups in total. The van der Waals surface area contributed by atoms with Crippen LogP contribution in [0.5, 0.6) is 0 Å². The van der Waals surface area contributed by atoms with E-state index in [1.54, 1.807) is 41.5 Å². The van der Waals surface area contributed by atoms with Crippen molar-refractivity contribution in [2.24, 2.45) is 0 Å². The average molecular weight is 519 g/mol. The largest absolute Gasteiger partial charge is 0.478 e. The predicted octanol–water partition coefficient (Wildman–Crippen LogP) is 3.16. The SMILES string of the molecule is CC(C)(C)OC(=O)C[C@H](NC(=O)c1ccc(C(=O)O)c(I)c1)C(=O)OC(C)(C)C. The first-order valence-corrected chi connectivity index (χ1v) is 9.95. The Morgan fingerprint density at radius 1 is 1.03 bits per heavy atom. The third kappa shape index (κ3) is 8.80. The Labute approximate surface area is 183 Å². The number of halogens is 1. The van der Waals surface area contributed by atoms with E-state index in [2.05, 4.69) is 5.32 Å². The van der Waals surface area contributed by atoms with Crippen molar-refractivity contribution in [2.75, 3.05) is 0 Å². The zero-order valence-corrected chi connectivity index (χ0v) is 19.4. The molecule has 1 rings (SSSR count). The topological polar surface area (TPSA) is 119 Å². The number of hydrogen-bond donors (Lipinski definition) is 2. The summed E-state index contributed by atoms with van der Waals surface area (Å²) in [6.45, 7) is 10.1. The van der Waals surface area contributed by atoms with Gasteiger partial charge in [-0.3, -0.25) is 9.59 Å². The fraction of sp³-hybridized carbons (Fsp3) is 0.500. The molecule has 0 aromatic heterocycles. The second-order valence-electron chi connectivity index (χ2n) is 8.35. The van der Waals surface area contributed by atoms with Crippen molar-refractivity contribution in [1.29, 1.82) is 0 Å². The summed E-state index contributed by atoms with van der Waals surface area (Å²) >= 11 is 1.81. The number of rotatable bonds is 6. The third-order valence-electron chi connectivity index (χ3n) is 3.25. The van der Waals surface area contributed by atoms with Crippen molar-refractivity contribution in [3.63, 3.8) is 0 Å². The Morgan fingerprint density at radius 3 is 2.03 bits per heavy atom. The number of nitrogens with one attached hydrogen (secondary N) is 1. The van der Waals surface area contributed by atoms with Gasteiger partial charge in [0.05, 0.1) is 12.0 Å². The van der Waals surface area contributed by atoms with Crippen LogP contribution in [0.15, 0.2) is 18.2 Å². The Balaban J connectivity index is 3.05. The highest BCUT2D eigenvalue weighted by Gasteiger charge is 2.31. The van der Waals surface area contributed by atoms with Gasteiger partial charge in [0.1, 0.15) is 17.2 Å². The zero-order valence-electron chi connectivity index (χ0n) is 17.3. The van der Waals surface area contributed by atoms with Gasteiger partial charge in [-0.1, -0.05) is 0 Å². The van der Waals surface area contributed by atoms with Gasteiger partial charge in [-0.25, -0.2) is 9.59 Å². The highest BCUT2D eigenvalue weighted by molar-refractivity contribution is 14.1. The van der Waals surface area contributed by atoms with E-state index in [1.165, 1.54) is 18.2 Å². The molecule has 0 spiro atoms. The molecule has 1 aromatic carbocycles. The molecule has 0 radical (unpaired) electrons. The maximum Gasteiger partial charge on any atom is 0.336 e. The summed E-state index contributed by atoms with van der Waals surface area (Å²) in [5.74, 6) is -3.18. The van der Waals surface area contributed by atoms with E-state index >= 15 is 0 Å². The number of carbonyl (C=O) groups excluding carboxylic acids is 3. The van der Waals surface area contributed by atoms with Crippen molar-refractivity contribution >= 4 is 46.4 Å². The number of amides is 1. The number of carbonyl (C=O) groups is 4. The number of carboxylic acid groups (broad SMARTS) is 1. The molecule has 0 fully saturated rings. The van der Waals surface area contributed by atoms with Crippen LogP contribution in [0.25, 0.3) is 0 Å². The summed E-state index contributed by atoms with van der Waals surface area (Å²) in [5, 5.41) is 11.6. The minimum Gasteiger partial charge on any atom is -0.478 e. The Bertz CT molecular complexity index is 806. The van der Waals surface area contributed by atoms with E-state index in [4.69, 9.17) is 14.6 Å². The van der Waals surface area contributed by atoms with E-state index < -0.39 is 47.5 Å². The molecule has 0 heterocycles. The fourth-order valence-corrected chi connectivity index (χ4v) is 2.93. The van der Waals surface area contributed by atoms with Gasteiger partial charge in [0.25, 0.3) is 5.91 Å². The molecule has 1 atom stereocenters. The van der Waals surface area contributed by atoms with Gasteiger partial charge < -0.3 is 19.9 Å². The first kappa shape index (κ1) is 24.9. The van der Waals surface area contributed by atoms with Crippen molar-refractivity contribution in [3.8, 4) is 0 Å². The zero-order chi connectivity index (χ0) is 22.6. The normalized spacial score (nSPS) is 12.7. The second-order valence-corrected chi connectivity index (χ2v) is 9.51. The van der Waals surface area contributed by atoms with Crippen LogP contribution in [0.2, 0.25) is 0 Å². The molecule has 8 nitrogen and oxygen atoms in total. The van der Waals surface area contributed by atoms with E-state index in [9.17, 15) is 19.2 Å².